The number of nitrogens with zero attached hydrogens (tertiary/aromatic N) is 1. The molecule has 2 heterocycles. The van der Waals surface area contributed by atoms with Crippen LogP contribution in [0.2, 0.25) is 0 Å². The summed E-state index contributed by atoms with van der Waals surface area (Å²) < 4.78 is 11.2. The van der Waals surface area contributed by atoms with Crippen LogP contribution >= 0.6 is 11.3 Å². The van der Waals surface area contributed by atoms with Crippen molar-refractivity contribution in [2.75, 3.05) is 7.11 Å². The van der Waals surface area contributed by atoms with Gasteiger partial charge in [-0.05, 0) is 25.1 Å². The fourth-order valence-corrected chi connectivity index (χ4v) is 2.97. The zero-order valence-corrected chi connectivity index (χ0v) is 11.7. The Bertz CT molecular complexity index is 597. The van der Waals surface area contributed by atoms with Crippen molar-refractivity contribution in [3.05, 3.63) is 39.8 Å². The molecular weight excluding hydrogens is 260 g/mol. The Morgan fingerprint density at radius 1 is 1.47 bits per heavy atom. The summed E-state index contributed by atoms with van der Waals surface area (Å²) in [6, 6.07) is 5.70. The lowest BCUT2D eigenvalue weighted by molar-refractivity contribution is 0.157. The van der Waals surface area contributed by atoms with Crippen LogP contribution in [-0.2, 0) is 0 Å². The first-order valence-corrected chi connectivity index (χ1v) is 7.07. The molecule has 0 saturated carbocycles. The lowest BCUT2D eigenvalue weighted by atomic mass is 9.96. The van der Waals surface area contributed by atoms with Crippen molar-refractivity contribution in [3.63, 3.8) is 0 Å². The van der Waals surface area contributed by atoms with Crippen molar-refractivity contribution in [3.8, 4) is 11.5 Å². The summed E-state index contributed by atoms with van der Waals surface area (Å²) in [6.07, 6.45) is 0.685. The van der Waals surface area contributed by atoms with Gasteiger partial charge in [0, 0.05) is 23.4 Å². The SMILES string of the molecule is COc1ccc2c(c1)[C@H](N)CC(c1csc(C)n1)O2. The number of hydrogen-bond donors (Lipinski definition) is 1. The van der Waals surface area contributed by atoms with Gasteiger partial charge in [0.25, 0.3) is 0 Å². The number of nitrogens with two attached hydrogens (primary N) is 1. The van der Waals surface area contributed by atoms with E-state index in [4.69, 9.17) is 15.2 Å². The molecule has 1 aliphatic rings. The highest BCUT2D eigenvalue weighted by Gasteiger charge is 2.28. The van der Waals surface area contributed by atoms with Crippen LogP contribution in [0.5, 0.6) is 11.5 Å². The molecule has 0 amide bonds. The molecule has 0 radical (unpaired) electrons. The van der Waals surface area contributed by atoms with Crippen LogP contribution in [-0.4, -0.2) is 12.1 Å². The molecule has 100 valence electrons. The first-order valence-electron chi connectivity index (χ1n) is 6.19. The molecule has 1 aliphatic heterocycles. The van der Waals surface area contributed by atoms with Gasteiger partial charge in [0.15, 0.2) is 0 Å². The average molecular weight is 276 g/mol. The van der Waals surface area contributed by atoms with Gasteiger partial charge in [-0.15, -0.1) is 11.3 Å². The Balaban J connectivity index is 1.92. The average Bonchev–Trinajstić information content (AvgIpc) is 2.85. The Kier molecular flexibility index (Phi) is 3.16. The maximum Gasteiger partial charge on any atom is 0.143 e. The van der Waals surface area contributed by atoms with Gasteiger partial charge < -0.3 is 15.2 Å². The number of thiazole rings is 1. The molecule has 4 nitrogen and oxygen atoms in total. The minimum atomic E-state index is -0.0548. The van der Waals surface area contributed by atoms with Gasteiger partial charge in [0.2, 0.25) is 0 Å². The molecule has 2 aromatic rings. The predicted octanol–water partition coefficient (Wildman–Crippen LogP) is 2.98. The van der Waals surface area contributed by atoms with E-state index in [9.17, 15) is 0 Å². The molecule has 0 bridgehead atoms. The number of methoxy groups -OCH3 is 1. The summed E-state index contributed by atoms with van der Waals surface area (Å²) in [5.41, 5.74) is 8.22. The zero-order valence-electron chi connectivity index (χ0n) is 10.9. The normalized spacial score (nSPS) is 21.6. The molecule has 5 heteroatoms. The number of fused-ring (bicyclic) bond motifs is 1. The minimum absolute atomic E-state index is 0.0501. The summed E-state index contributed by atoms with van der Waals surface area (Å²) in [7, 11) is 1.65. The number of rotatable bonds is 2. The molecule has 3 rings (SSSR count). The van der Waals surface area contributed by atoms with Gasteiger partial charge >= 0.3 is 0 Å². The standard InChI is InChI=1S/C14H16N2O2S/c1-8-16-12(7-19-8)14-6-11(15)10-5-9(17-2)3-4-13(10)18-14/h3-5,7,11,14H,6,15H2,1-2H3/t11-,14?/m1/s1. The van der Waals surface area contributed by atoms with Crippen LogP contribution in [0.1, 0.15) is 34.8 Å². The van der Waals surface area contributed by atoms with Crippen LogP contribution in [0.15, 0.2) is 23.6 Å². The number of aromatic nitrogens is 1. The quantitative estimate of drug-likeness (QED) is 0.916. The van der Waals surface area contributed by atoms with E-state index < -0.39 is 0 Å². The highest BCUT2D eigenvalue weighted by Crippen LogP contribution is 2.41. The van der Waals surface area contributed by atoms with Crippen LogP contribution in [0.25, 0.3) is 0 Å². The second kappa shape index (κ2) is 4.83. The van der Waals surface area contributed by atoms with Crippen molar-refractivity contribution in [1.82, 2.24) is 4.98 Å². The van der Waals surface area contributed by atoms with Crippen molar-refractivity contribution in [2.24, 2.45) is 5.73 Å². The number of hydrogen-bond acceptors (Lipinski definition) is 5. The second-order valence-electron chi connectivity index (χ2n) is 4.64. The van der Waals surface area contributed by atoms with E-state index in [2.05, 4.69) is 4.98 Å². The van der Waals surface area contributed by atoms with E-state index in [0.717, 1.165) is 34.2 Å². The fraction of sp³-hybridized carbons (Fsp3) is 0.357. The van der Waals surface area contributed by atoms with Gasteiger partial charge in [-0.2, -0.15) is 0 Å². The molecule has 1 unspecified atom stereocenters. The van der Waals surface area contributed by atoms with Crippen LogP contribution in [0, 0.1) is 6.92 Å². The third-order valence-corrected chi connectivity index (χ3v) is 4.11. The van der Waals surface area contributed by atoms with Crippen LogP contribution in [0.3, 0.4) is 0 Å². The first kappa shape index (κ1) is 12.4. The third-order valence-electron chi connectivity index (χ3n) is 3.32. The second-order valence-corrected chi connectivity index (χ2v) is 5.71. The summed E-state index contributed by atoms with van der Waals surface area (Å²) in [6.45, 7) is 2.00. The Morgan fingerprint density at radius 2 is 2.32 bits per heavy atom. The molecule has 19 heavy (non-hydrogen) atoms. The van der Waals surface area contributed by atoms with E-state index in [-0.39, 0.29) is 12.1 Å². The highest BCUT2D eigenvalue weighted by atomic mass is 32.1. The minimum Gasteiger partial charge on any atom is -0.497 e. The maximum absolute atomic E-state index is 6.24. The monoisotopic (exact) mass is 276 g/mol. The molecule has 1 aromatic heterocycles. The van der Waals surface area contributed by atoms with Gasteiger partial charge in [-0.3, -0.25) is 0 Å². The molecule has 2 N–H and O–H groups in total. The van der Waals surface area contributed by atoms with Crippen molar-refractivity contribution < 1.29 is 9.47 Å². The summed E-state index contributed by atoms with van der Waals surface area (Å²) in [4.78, 5) is 4.49. The maximum atomic E-state index is 6.24. The smallest absolute Gasteiger partial charge is 0.143 e. The van der Waals surface area contributed by atoms with Gasteiger partial charge in [0.1, 0.15) is 17.6 Å². The predicted molar refractivity (Wildman–Crippen MR) is 74.8 cm³/mol. The lowest BCUT2D eigenvalue weighted by Crippen LogP contribution is -2.24. The summed E-state index contributed by atoms with van der Waals surface area (Å²) in [5, 5.41) is 3.09. The lowest BCUT2D eigenvalue weighted by Gasteiger charge is -2.29. The van der Waals surface area contributed by atoms with Crippen molar-refractivity contribution >= 4 is 11.3 Å². The van der Waals surface area contributed by atoms with Crippen molar-refractivity contribution in [2.45, 2.75) is 25.5 Å². The van der Waals surface area contributed by atoms with Gasteiger partial charge in [-0.25, -0.2) is 4.98 Å². The topological polar surface area (TPSA) is 57.4 Å². The third kappa shape index (κ3) is 2.31. The Morgan fingerprint density at radius 3 is 3.00 bits per heavy atom. The summed E-state index contributed by atoms with van der Waals surface area (Å²) >= 11 is 1.63. The molecule has 0 spiro atoms. The number of aryl methyl sites for hydroxylation is 1. The largest absolute Gasteiger partial charge is 0.497 e. The molecule has 0 fully saturated rings. The number of ether oxygens (including phenoxy) is 2. The van der Waals surface area contributed by atoms with E-state index >= 15 is 0 Å². The van der Waals surface area contributed by atoms with Crippen molar-refractivity contribution in [1.29, 1.82) is 0 Å². The molecular formula is C14H16N2O2S. The van der Waals surface area contributed by atoms with Gasteiger partial charge in [-0.1, -0.05) is 0 Å². The van der Waals surface area contributed by atoms with Gasteiger partial charge in [0.05, 0.1) is 17.8 Å². The van der Waals surface area contributed by atoms with E-state index in [1.54, 1.807) is 18.4 Å². The highest BCUT2D eigenvalue weighted by molar-refractivity contribution is 7.09. The molecule has 2 atom stereocenters. The fourth-order valence-electron chi connectivity index (χ4n) is 2.32. The Labute approximate surface area is 116 Å². The van der Waals surface area contributed by atoms with E-state index in [1.165, 1.54) is 0 Å². The van der Waals surface area contributed by atoms with Crippen LogP contribution < -0.4 is 15.2 Å². The number of benzene rings is 1. The molecule has 0 aliphatic carbocycles. The van der Waals surface area contributed by atoms with E-state index in [1.807, 2.05) is 30.5 Å². The zero-order chi connectivity index (χ0) is 13.4. The molecule has 0 saturated heterocycles. The van der Waals surface area contributed by atoms with Crippen LogP contribution in [0.4, 0.5) is 0 Å². The molecule has 1 aromatic carbocycles. The first-order chi connectivity index (χ1) is 9.17. The summed E-state index contributed by atoms with van der Waals surface area (Å²) in [5.74, 6) is 1.64. The van der Waals surface area contributed by atoms with E-state index in [0.29, 0.717) is 0 Å². The Hall–Kier alpha value is -1.59.